The molecule has 1 aliphatic heterocycles. The fourth-order valence-corrected chi connectivity index (χ4v) is 4.48. The number of fused-ring (bicyclic) bond motifs is 3. The highest BCUT2D eigenvalue weighted by Gasteiger charge is 2.43. The van der Waals surface area contributed by atoms with E-state index in [1.165, 1.54) is 25.0 Å². The predicted molar refractivity (Wildman–Crippen MR) is 98.2 cm³/mol. The molecule has 0 radical (unpaired) electrons. The molecular weight excluding hydrogens is 374 g/mol. The van der Waals surface area contributed by atoms with Crippen LogP contribution in [0.5, 0.6) is 11.5 Å². The molecule has 0 unspecified atom stereocenters. The number of hydrogen-bond donors (Lipinski definition) is 1. The SMILES string of the molecule is FC1(F)Oc2cc(Cl)c(-c3ccc(NC[C@@H]4C[C@@H]5C=C[C@@H]4C5)nc3)cc2O1. The Morgan fingerprint density at radius 1 is 1.15 bits per heavy atom. The molecule has 0 amide bonds. The molecule has 2 aliphatic carbocycles. The first-order chi connectivity index (χ1) is 13.0. The van der Waals surface area contributed by atoms with E-state index in [-0.39, 0.29) is 11.5 Å². The highest BCUT2D eigenvalue weighted by atomic mass is 35.5. The molecule has 0 saturated heterocycles. The van der Waals surface area contributed by atoms with E-state index >= 15 is 0 Å². The van der Waals surface area contributed by atoms with Crippen LogP contribution in [0.15, 0.2) is 42.6 Å². The van der Waals surface area contributed by atoms with E-state index in [4.69, 9.17) is 11.6 Å². The van der Waals surface area contributed by atoms with E-state index in [1.807, 2.05) is 12.1 Å². The van der Waals surface area contributed by atoms with Crippen molar-refractivity contribution in [2.24, 2.45) is 17.8 Å². The molecule has 4 nitrogen and oxygen atoms in total. The van der Waals surface area contributed by atoms with E-state index in [0.717, 1.165) is 23.8 Å². The van der Waals surface area contributed by atoms with Crippen molar-refractivity contribution < 1.29 is 18.3 Å². The van der Waals surface area contributed by atoms with Gasteiger partial charge in [0.05, 0.1) is 5.02 Å². The zero-order chi connectivity index (χ0) is 18.6. The molecule has 1 fully saturated rings. The first-order valence-corrected chi connectivity index (χ1v) is 9.33. The molecular formula is C20H17ClF2N2O2. The molecule has 1 aromatic carbocycles. The summed E-state index contributed by atoms with van der Waals surface area (Å²) in [5.74, 6) is 2.77. The van der Waals surface area contributed by atoms with Crippen LogP contribution in [0.1, 0.15) is 12.8 Å². The van der Waals surface area contributed by atoms with Gasteiger partial charge in [0.25, 0.3) is 0 Å². The number of rotatable bonds is 4. The molecule has 2 bridgehead atoms. The number of anilines is 1. The lowest BCUT2D eigenvalue weighted by atomic mass is 9.94. The fraction of sp³-hybridized carbons (Fsp3) is 0.350. The Kier molecular flexibility index (Phi) is 3.79. The average Bonchev–Trinajstić information content (AvgIpc) is 3.32. The number of pyridine rings is 1. The number of alkyl halides is 2. The molecule has 1 aromatic heterocycles. The summed E-state index contributed by atoms with van der Waals surface area (Å²) < 4.78 is 35.3. The van der Waals surface area contributed by atoms with Crippen molar-refractivity contribution in [2.75, 3.05) is 11.9 Å². The molecule has 2 aromatic rings. The predicted octanol–water partition coefficient (Wildman–Crippen LogP) is 5.35. The molecule has 5 rings (SSSR count). The number of nitrogens with zero attached hydrogens (tertiary/aromatic N) is 1. The Morgan fingerprint density at radius 3 is 2.63 bits per heavy atom. The van der Waals surface area contributed by atoms with Crippen molar-refractivity contribution in [1.29, 1.82) is 0 Å². The van der Waals surface area contributed by atoms with Crippen LogP contribution in [0.25, 0.3) is 11.1 Å². The Balaban J connectivity index is 1.30. The van der Waals surface area contributed by atoms with Gasteiger partial charge in [-0.15, -0.1) is 8.78 Å². The van der Waals surface area contributed by atoms with Gasteiger partial charge in [0.1, 0.15) is 5.82 Å². The molecule has 7 heteroatoms. The monoisotopic (exact) mass is 390 g/mol. The van der Waals surface area contributed by atoms with E-state index in [0.29, 0.717) is 22.4 Å². The molecule has 3 aliphatic rings. The van der Waals surface area contributed by atoms with Crippen LogP contribution >= 0.6 is 11.6 Å². The number of nitrogens with one attached hydrogen (secondary N) is 1. The van der Waals surface area contributed by atoms with Gasteiger partial charge in [-0.05, 0) is 48.8 Å². The number of ether oxygens (including phenoxy) is 2. The molecule has 1 saturated carbocycles. The third-order valence-corrected chi connectivity index (χ3v) is 5.84. The minimum Gasteiger partial charge on any atom is -0.395 e. The van der Waals surface area contributed by atoms with Crippen molar-refractivity contribution in [3.8, 4) is 22.6 Å². The van der Waals surface area contributed by atoms with Crippen molar-refractivity contribution in [3.05, 3.63) is 47.6 Å². The second kappa shape index (κ2) is 6.09. The zero-order valence-electron chi connectivity index (χ0n) is 14.3. The summed E-state index contributed by atoms with van der Waals surface area (Å²) in [7, 11) is 0. The minimum absolute atomic E-state index is 0.0362. The average molecular weight is 391 g/mol. The summed E-state index contributed by atoms with van der Waals surface area (Å²) >= 11 is 6.23. The second-order valence-corrected chi connectivity index (χ2v) is 7.71. The van der Waals surface area contributed by atoms with Gasteiger partial charge in [-0.1, -0.05) is 23.8 Å². The van der Waals surface area contributed by atoms with Crippen molar-refractivity contribution in [1.82, 2.24) is 4.98 Å². The van der Waals surface area contributed by atoms with Gasteiger partial charge in [-0.3, -0.25) is 0 Å². The smallest absolute Gasteiger partial charge is 0.395 e. The van der Waals surface area contributed by atoms with Gasteiger partial charge in [0.15, 0.2) is 11.5 Å². The number of aromatic nitrogens is 1. The van der Waals surface area contributed by atoms with Gasteiger partial charge in [-0.2, -0.15) is 0 Å². The normalized spacial score (nSPS) is 26.6. The van der Waals surface area contributed by atoms with Crippen LogP contribution in [0.3, 0.4) is 0 Å². The van der Waals surface area contributed by atoms with Crippen molar-refractivity contribution in [3.63, 3.8) is 0 Å². The van der Waals surface area contributed by atoms with E-state index in [1.54, 1.807) is 6.20 Å². The summed E-state index contributed by atoms with van der Waals surface area (Å²) in [6.45, 7) is 0.901. The van der Waals surface area contributed by atoms with Crippen LogP contribution in [0.2, 0.25) is 5.02 Å². The van der Waals surface area contributed by atoms with Crippen LogP contribution in [0, 0.1) is 17.8 Å². The Hall–Kier alpha value is -2.34. The number of hydrogen-bond acceptors (Lipinski definition) is 4. The van der Waals surface area contributed by atoms with Gasteiger partial charge < -0.3 is 14.8 Å². The molecule has 140 valence electrons. The van der Waals surface area contributed by atoms with E-state index in [9.17, 15) is 8.78 Å². The summed E-state index contributed by atoms with van der Waals surface area (Å²) in [6, 6.07) is 6.51. The molecule has 2 heterocycles. The molecule has 27 heavy (non-hydrogen) atoms. The Bertz CT molecular complexity index is 917. The quantitative estimate of drug-likeness (QED) is 0.715. The van der Waals surface area contributed by atoms with Crippen LogP contribution < -0.4 is 14.8 Å². The third-order valence-electron chi connectivity index (χ3n) is 5.53. The molecule has 0 spiro atoms. The topological polar surface area (TPSA) is 43.4 Å². The lowest BCUT2D eigenvalue weighted by molar-refractivity contribution is -0.286. The first-order valence-electron chi connectivity index (χ1n) is 8.95. The maximum absolute atomic E-state index is 13.2. The minimum atomic E-state index is -3.66. The van der Waals surface area contributed by atoms with Crippen LogP contribution in [0.4, 0.5) is 14.6 Å². The summed E-state index contributed by atoms with van der Waals surface area (Å²) in [5.41, 5.74) is 1.28. The third kappa shape index (κ3) is 3.12. The van der Waals surface area contributed by atoms with Crippen LogP contribution in [-0.4, -0.2) is 17.8 Å². The fourth-order valence-electron chi connectivity index (χ4n) is 4.22. The van der Waals surface area contributed by atoms with E-state index < -0.39 is 6.29 Å². The number of benzene rings is 1. The maximum Gasteiger partial charge on any atom is 0.586 e. The summed E-state index contributed by atoms with van der Waals surface area (Å²) in [4.78, 5) is 4.43. The zero-order valence-corrected chi connectivity index (χ0v) is 15.0. The van der Waals surface area contributed by atoms with E-state index in [2.05, 4.69) is 31.9 Å². The van der Waals surface area contributed by atoms with Gasteiger partial charge in [-0.25, -0.2) is 4.98 Å². The molecule has 1 N–H and O–H groups in total. The van der Waals surface area contributed by atoms with Gasteiger partial charge in [0.2, 0.25) is 0 Å². The van der Waals surface area contributed by atoms with Gasteiger partial charge in [0, 0.05) is 29.9 Å². The highest BCUT2D eigenvalue weighted by Crippen LogP contribution is 2.46. The summed E-state index contributed by atoms with van der Waals surface area (Å²) in [5, 5.41) is 3.69. The standard InChI is InChI=1S/C20H17ClF2N2O2/c21-16-8-18-17(26-20(22,23)27-18)7-15(16)13-3-4-19(24-9-13)25-10-14-6-11-1-2-12(14)5-11/h1-4,7-9,11-12,14H,5-6,10H2,(H,24,25)/t11-,12-,14+/m1/s1. The lowest BCUT2D eigenvalue weighted by Gasteiger charge is -2.18. The maximum atomic E-state index is 13.2. The largest absolute Gasteiger partial charge is 0.586 e. The van der Waals surface area contributed by atoms with Gasteiger partial charge >= 0.3 is 6.29 Å². The van der Waals surface area contributed by atoms with Crippen molar-refractivity contribution >= 4 is 17.4 Å². The highest BCUT2D eigenvalue weighted by molar-refractivity contribution is 6.33. The lowest BCUT2D eigenvalue weighted by Crippen LogP contribution is -2.25. The number of allylic oxidation sites excluding steroid dienone is 2. The van der Waals surface area contributed by atoms with Crippen LogP contribution in [-0.2, 0) is 0 Å². The molecule has 3 atom stereocenters. The number of halogens is 3. The Morgan fingerprint density at radius 2 is 1.96 bits per heavy atom. The first kappa shape index (κ1) is 16.8. The Labute approximate surface area is 160 Å². The van der Waals surface area contributed by atoms with Crippen molar-refractivity contribution in [2.45, 2.75) is 19.1 Å². The summed E-state index contributed by atoms with van der Waals surface area (Å²) in [6.07, 6.45) is 5.20. The second-order valence-electron chi connectivity index (χ2n) is 7.30.